The van der Waals surface area contributed by atoms with Crippen molar-refractivity contribution >= 4 is 23.5 Å². The minimum absolute atomic E-state index is 0.136. The Morgan fingerprint density at radius 2 is 1.90 bits per heavy atom. The Kier molecular flexibility index (Phi) is 6.02. The lowest BCUT2D eigenvalue weighted by Gasteiger charge is -2.18. The molecule has 20 heavy (non-hydrogen) atoms. The van der Waals surface area contributed by atoms with Crippen LogP contribution in [-0.4, -0.2) is 36.3 Å². The van der Waals surface area contributed by atoms with Crippen LogP contribution in [-0.2, 0) is 25.7 Å². The van der Waals surface area contributed by atoms with E-state index in [0.29, 0.717) is 5.02 Å². The lowest BCUT2D eigenvalue weighted by molar-refractivity contribution is -0.173. The van der Waals surface area contributed by atoms with E-state index >= 15 is 0 Å². The largest absolute Gasteiger partial charge is 0.502 e. The van der Waals surface area contributed by atoms with Crippen LogP contribution >= 0.6 is 11.6 Å². The topological polar surface area (TPSA) is 76.1 Å². The maximum absolute atomic E-state index is 11.8. The first-order valence-electron chi connectivity index (χ1n) is 5.57. The molecule has 1 amide bonds. The first-order valence-corrected chi connectivity index (χ1v) is 5.94. The number of hydroxylamine groups is 2. The van der Waals surface area contributed by atoms with E-state index in [-0.39, 0.29) is 6.54 Å². The number of nitrogens with zero attached hydrogens (tertiary/aromatic N) is 1. The summed E-state index contributed by atoms with van der Waals surface area (Å²) in [6.45, 7) is 0.136. The van der Waals surface area contributed by atoms with Crippen LogP contribution in [0.4, 0.5) is 0 Å². The van der Waals surface area contributed by atoms with E-state index in [1.807, 2.05) is 0 Å². The summed E-state index contributed by atoms with van der Waals surface area (Å²) < 4.78 is 4.27. The van der Waals surface area contributed by atoms with Gasteiger partial charge >= 0.3 is 5.97 Å². The number of carbonyl (C=O) groups excluding carboxylic acids is 2. The SMILES string of the molecule is COC(=O)C(O)=CC(=O)N(Cc1ccc(Cl)cc1)OC. The summed E-state index contributed by atoms with van der Waals surface area (Å²) in [4.78, 5) is 27.7. The predicted octanol–water partition coefficient (Wildman–Crippen LogP) is 1.84. The number of halogens is 1. The molecule has 0 radical (unpaired) electrons. The van der Waals surface area contributed by atoms with Gasteiger partial charge in [0.1, 0.15) is 0 Å². The van der Waals surface area contributed by atoms with Crippen molar-refractivity contribution in [2.24, 2.45) is 0 Å². The van der Waals surface area contributed by atoms with Gasteiger partial charge in [0.25, 0.3) is 5.91 Å². The smallest absolute Gasteiger partial charge is 0.373 e. The summed E-state index contributed by atoms with van der Waals surface area (Å²) in [6, 6.07) is 6.81. The molecule has 6 nitrogen and oxygen atoms in total. The monoisotopic (exact) mass is 299 g/mol. The molecule has 0 aliphatic carbocycles. The number of aliphatic hydroxyl groups excluding tert-OH is 1. The summed E-state index contributed by atoms with van der Waals surface area (Å²) in [5, 5.41) is 10.9. The summed E-state index contributed by atoms with van der Waals surface area (Å²) in [5.74, 6) is -2.48. The number of amides is 1. The quantitative estimate of drug-likeness (QED) is 0.388. The Bertz CT molecular complexity index is 512. The van der Waals surface area contributed by atoms with Crippen molar-refractivity contribution in [3.8, 4) is 0 Å². The highest BCUT2D eigenvalue weighted by molar-refractivity contribution is 6.30. The van der Waals surface area contributed by atoms with Gasteiger partial charge < -0.3 is 9.84 Å². The van der Waals surface area contributed by atoms with Crippen LogP contribution in [0.5, 0.6) is 0 Å². The molecule has 0 aliphatic heterocycles. The van der Waals surface area contributed by atoms with Gasteiger partial charge in [-0.15, -0.1) is 0 Å². The molecule has 0 aromatic heterocycles. The fourth-order valence-electron chi connectivity index (χ4n) is 1.34. The first kappa shape index (κ1) is 16.0. The zero-order chi connectivity index (χ0) is 15.1. The molecule has 0 atom stereocenters. The minimum Gasteiger partial charge on any atom is -0.502 e. The van der Waals surface area contributed by atoms with Gasteiger partial charge in [-0.1, -0.05) is 23.7 Å². The summed E-state index contributed by atoms with van der Waals surface area (Å²) in [7, 11) is 2.40. The van der Waals surface area contributed by atoms with E-state index in [9.17, 15) is 14.7 Å². The van der Waals surface area contributed by atoms with E-state index in [0.717, 1.165) is 23.8 Å². The number of hydrogen-bond donors (Lipinski definition) is 1. The van der Waals surface area contributed by atoms with E-state index in [1.165, 1.54) is 7.11 Å². The van der Waals surface area contributed by atoms with Gasteiger partial charge in [-0.2, -0.15) is 0 Å². The zero-order valence-electron chi connectivity index (χ0n) is 11.0. The summed E-state index contributed by atoms with van der Waals surface area (Å²) in [6.07, 6.45) is 0.727. The van der Waals surface area contributed by atoms with Crippen LogP contribution in [0, 0.1) is 0 Å². The number of methoxy groups -OCH3 is 1. The van der Waals surface area contributed by atoms with Crippen molar-refractivity contribution in [3.63, 3.8) is 0 Å². The predicted molar refractivity (Wildman–Crippen MR) is 71.7 cm³/mol. The highest BCUT2D eigenvalue weighted by atomic mass is 35.5. The number of aliphatic hydroxyl groups is 1. The van der Waals surface area contributed by atoms with Crippen molar-refractivity contribution in [2.75, 3.05) is 14.2 Å². The van der Waals surface area contributed by atoms with E-state index in [4.69, 9.17) is 16.4 Å². The molecule has 1 rings (SSSR count). The maximum atomic E-state index is 11.8. The molecule has 1 aromatic carbocycles. The summed E-state index contributed by atoms with van der Waals surface area (Å²) >= 11 is 5.76. The number of carbonyl (C=O) groups is 2. The Morgan fingerprint density at radius 3 is 2.40 bits per heavy atom. The number of hydrogen-bond acceptors (Lipinski definition) is 5. The Balaban J connectivity index is 2.78. The first-order chi connectivity index (χ1) is 9.47. The lowest BCUT2D eigenvalue weighted by Crippen LogP contribution is -2.28. The Labute approximate surface area is 121 Å². The number of ether oxygens (including phenoxy) is 1. The van der Waals surface area contributed by atoms with Crippen LogP contribution < -0.4 is 0 Å². The molecule has 0 saturated carbocycles. The van der Waals surface area contributed by atoms with Crippen molar-refractivity contribution in [3.05, 3.63) is 46.7 Å². The van der Waals surface area contributed by atoms with Crippen molar-refractivity contribution in [1.82, 2.24) is 5.06 Å². The van der Waals surface area contributed by atoms with Crippen LogP contribution in [0.25, 0.3) is 0 Å². The van der Waals surface area contributed by atoms with Crippen molar-refractivity contribution in [2.45, 2.75) is 6.54 Å². The number of benzene rings is 1. The molecule has 0 fully saturated rings. The molecular formula is C13H14ClNO5. The Hall–Kier alpha value is -2.05. The maximum Gasteiger partial charge on any atom is 0.373 e. The lowest BCUT2D eigenvalue weighted by atomic mass is 10.2. The zero-order valence-corrected chi connectivity index (χ0v) is 11.8. The highest BCUT2D eigenvalue weighted by Crippen LogP contribution is 2.12. The number of esters is 1. The second kappa shape index (κ2) is 7.52. The third-order valence-electron chi connectivity index (χ3n) is 2.36. The molecule has 7 heteroatoms. The Morgan fingerprint density at radius 1 is 1.30 bits per heavy atom. The van der Waals surface area contributed by atoms with Crippen molar-refractivity contribution in [1.29, 1.82) is 0 Å². The van der Waals surface area contributed by atoms with Crippen LogP contribution in [0.1, 0.15) is 5.56 Å². The van der Waals surface area contributed by atoms with Gasteiger partial charge in [0.05, 0.1) is 26.8 Å². The third kappa shape index (κ3) is 4.56. The van der Waals surface area contributed by atoms with Gasteiger partial charge in [-0.25, -0.2) is 9.86 Å². The third-order valence-corrected chi connectivity index (χ3v) is 2.61. The van der Waals surface area contributed by atoms with Crippen LogP contribution in [0.3, 0.4) is 0 Å². The molecule has 1 aromatic rings. The fourth-order valence-corrected chi connectivity index (χ4v) is 1.47. The second-order valence-electron chi connectivity index (χ2n) is 3.71. The van der Waals surface area contributed by atoms with Crippen molar-refractivity contribution < 1.29 is 24.3 Å². The molecule has 108 valence electrons. The standard InChI is InChI=1S/C13H14ClNO5/c1-19-13(18)11(16)7-12(17)15(20-2)8-9-3-5-10(14)6-4-9/h3-7,16H,8H2,1-2H3. The average Bonchev–Trinajstić information content (AvgIpc) is 2.45. The number of rotatable bonds is 5. The van der Waals surface area contributed by atoms with Crippen LogP contribution in [0.2, 0.25) is 5.02 Å². The normalized spacial score (nSPS) is 11.1. The molecule has 1 N–H and O–H groups in total. The molecule has 0 aliphatic rings. The fraction of sp³-hybridized carbons (Fsp3) is 0.231. The molecule has 0 saturated heterocycles. The molecular weight excluding hydrogens is 286 g/mol. The minimum atomic E-state index is -0.999. The van der Waals surface area contributed by atoms with Gasteiger partial charge in [0, 0.05) is 5.02 Å². The molecule has 0 unspecified atom stereocenters. The van der Waals surface area contributed by atoms with Gasteiger partial charge in [0.15, 0.2) is 0 Å². The molecule has 0 heterocycles. The molecule has 0 spiro atoms. The van der Waals surface area contributed by atoms with Crippen LogP contribution in [0.15, 0.2) is 36.1 Å². The second-order valence-corrected chi connectivity index (χ2v) is 4.14. The molecule has 0 bridgehead atoms. The highest BCUT2D eigenvalue weighted by Gasteiger charge is 2.16. The average molecular weight is 300 g/mol. The van der Waals surface area contributed by atoms with E-state index < -0.39 is 17.6 Å². The van der Waals surface area contributed by atoms with Gasteiger partial charge in [-0.3, -0.25) is 9.63 Å². The van der Waals surface area contributed by atoms with E-state index in [1.54, 1.807) is 24.3 Å². The summed E-state index contributed by atoms with van der Waals surface area (Å²) in [5.41, 5.74) is 0.774. The van der Waals surface area contributed by atoms with Gasteiger partial charge in [0.2, 0.25) is 5.76 Å². The van der Waals surface area contributed by atoms with E-state index in [2.05, 4.69) is 4.74 Å². The van der Waals surface area contributed by atoms with Gasteiger partial charge in [-0.05, 0) is 17.7 Å².